The first-order valence-corrected chi connectivity index (χ1v) is 10.9. The van der Waals surface area contributed by atoms with E-state index in [2.05, 4.69) is 15.3 Å². The van der Waals surface area contributed by atoms with Gasteiger partial charge in [0.1, 0.15) is 23.7 Å². The summed E-state index contributed by atoms with van der Waals surface area (Å²) in [6, 6.07) is 5.54. The third-order valence-corrected chi connectivity index (χ3v) is 6.65. The zero-order valence-electron chi connectivity index (χ0n) is 17.0. The molecule has 1 aromatic carbocycles. The summed E-state index contributed by atoms with van der Waals surface area (Å²) in [5.41, 5.74) is 3.83. The number of halogens is 5. The summed E-state index contributed by atoms with van der Waals surface area (Å²) in [4.78, 5) is 20.5. The average Bonchev–Trinajstić information content (AvgIpc) is 2.79. The second-order valence-corrected chi connectivity index (χ2v) is 8.82. The molecule has 2 aromatic rings. The molecule has 1 amide bonds. The Kier molecular flexibility index (Phi) is 6.32. The number of amidine groups is 1. The molecule has 0 spiro atoms. The van der Waals surface area contributed by atoms with Crippen molar-refractivity contribution >= 4 is 28.5 Å². The van der Waals surface area contributed by atoms with E-state index in [9.17, 15) is 26.7 Å². The van der Waals surface area contributed by atoms with Gasteiger partial charge in [-0.15, -0.1) is 0 Å². The first-order chi connectivity index (χ1) is 15.6. The number of thioether (sulfide) groups is 1. The first kappa shape index (κ1) is 23.4. The highest BCUT2D eigenvalue weighted by atomic mass is 32.2. The molecule has 3 atom stereocenters. The number of carbonyl (C=O) groups is 1. The Balaban J connectivity index is 1.62. The molecule has 1 aromatic heterocycles. The quantitative estimate of drug-likeness (QED) is 0.635. The third kappa shape index (κ3) is 4.67. The summed E-state index contributed by atoms with van der Waals surface area (Å²) in [7, 11) is 0. The number of hydrogen-bond donors (Lipinski definition) is 2. The number of pyridine rings is 1. The Morgan fingerprint density at radius 2 is 2.09 bits per heavy atom. The standard InChI is InChI=1S/C21H19F5N4O2S/c22-7-14-5-12-9-33-19(27)30-20(12,10-32-14)15-6-13(2-3-16(15)23)29-18(31)17-4-1-11(8-28-17)21(24,25)26/h1-4,6,8,12,14H,5,7,9-10H2,(H2,27,30)(H,29,31)/t12?,14-,20?/m1/s1. The molecule has 12 heteroatoms. The second-order valence-electron chi connectivity index (χ2n) is 7.78. The lowest BCUT2D eigenvalue weighted by molar-refractivity contribution is -0.137. The lowest BCUT2D eigenvalue weighted by Crippen LogP contribution is -2.50. The van der Waals surface area contributed by atoms with Gasteiger partial charge in [0.2, 0.25) is 0 Å². The van der Waals surface area contributed by atoms with Gasteiger partial charge in [-0.25, -0.2) is 13.8 Å². The molecule has 1 saturated heterocycles. The van der Waals surface area contributed by atoms with Gasteiger partial charge in [0.25, 0.3) is 5.91 Å². The van der Waals surface area contributed by atoms with Crippen LogP contribution in [0.3, 0.4) is 0 Å². The van der Waals surface area contributed by atoms with Crippen LogP contribution >= 0.6 is 11.8 Å². The SMILES string of the molecule is NC1=NC2(c3cc(NC(=O)c4ccc(C(F)(F)F)cn4)ccc3F)CO[C@@H](CF)CC2CS1. The third-order valence-electron chi connectivity index (χ3n) is 5.69. The van der Waals surface area contributed by atoms with Gasteiger partial charge in [0.05, 0.1) is 18.3 Å². The number of anilines is 1. The molecule has 3 heterocycles. The molecule has 4 rings (SSSR count). The van der Waals surface area contributed by atoms with E-state index in [-0.39, 0.29) is 34.6 Å². The second kappa shape index (κ2) is 8.90. The lowest BCUT2D eigenvalue weighted by atomic mass is 9.75. The van der Waals surface area contributed by atoms with Gasteiger partial charge in [-0.3, -0.25) is 9.78 Å². The van der Waals surface area contributed by atoms with Crippen LogP contribution in [0.25, 0.3) is 0 Å². The number of ether oxygens (including phenoxy) is 1. The van der Waals surface area contributed by atoms with Crippen LogP contribution < -0.4 is 11.1 Å². The predicted molar refractivity (Wildman–Crippen MR) is 113 cm³/mol. The molecule has 1 fully saturated rings. The minimum atomic E-state index is -4.58. The summed E-state index contributed by atoms with van der Waals surface area (Å²) in [6.45, 7) is -0.753. The number of aliphatic imine (C=N–C) groups is 1. The molecule has 0 aliphatic carbocycles. The van der Waals surface area contributed by atoms with E-state index in [1.165, 1.54) is 23.9 Å². The zero-order chi connectivity index (χ0) is 23.8. The summed E-state index contributed by atoms with van der Waals surface area (Å²) in [5, 5.41) is 2.76. The minimum absolute atomic E-state index is 0.0811. The fraction of sp³-hybridized carbons (Fsp3) is 0.381. The fourth-order valence-electron chi connectivity index (χ4n) is 3.98. The highest BCUT2D eigenvalue weighted by Crippen LogP contribution is 2.47. The molecule has 2 aliphatic rings. The molecule has 3 N–H and O–H groups in total. The number of hydrogen-bond acceptors (Lipinski definition) is 6. The Bertz CT molecular complexity index is 1080. The lowest BCUT2D eigenvalue weighted by Gasteiger charge is -2.46. The first-order valence-electron chi connectivity index (χ1n) is 9.92. The molecule has 176 valence electrons. The molecule has 6 nitrogen and oxygen atoms in total. The molecule has 0 radical (unpaired) electrons. The fourth-order valence-corrected chi connectivity index (χ4v) is 4.99. The highest BCUT2D eigenvalue weighted by molar-refractivity contribution is 8.13. The van der Waals surface area contributed by atoms with Gasteiger partial charge in [0, 0.05) is 29.1 Å². The van der Waals surface area contributed by atoms with Gasteiger partial charge < -0.3 is 15.8 Å². The monoisotopic (exact) mass is 486 g/mol. The number of amides is 1. The molecule has 0 saturated carbocycles. The van der Waals surface area contributed by atoms with Crippen molar-refractivity contribution in [3.05, 3.63) is 59.2 Å². The van der Waals surface area contributed by atoms with Crippen molar-refractivity contribution in [2.45, 2.75) is 24.2 Å². The smallest absolute Gasteiger partial charge is 0.379 e. The number of carbonyl (C=O) groups excluding carboxylic acids is 1. The van der Waals surface area contributed by atoms with Crippen molar-refractivity contribution < 1.29 is 31.5 Å². The van der Waals surface area contributed by atoms with E-state index < -0.39 is 41.8 Å². The molecule has 2 aliphatic heterocycles. The van der Waals surface area contributed by atoms with Crippen molar-refractivity contribution in [1.82, 2.24) is 4.98 Å². The Labute approximate surface area is 189 Å². The maximum atomic E-state index is 15.0. The number of nitrogens with one attached hydrogen (secondary N) is 1. The van der Waals surface area contributed by atoms with E-state index in [4.69, 9.17) is 10.5 Å². The Morgan fingerprint density at radius 1 is 1.30 bits per heavy atom. The Hall–Kier alpha value is -2.73. The van der Waals surface area contributed by atoms with Gasteiger partial charge in [0.15, 0.2) is 5.17 Å². The maximum Gasteiger partial charge on any atom is 0.417 e. The van der Waals surface area contributed by atoms with E-state index in [1.54, 1.807) is 0 Å². The summed E-state index contributed by atoms with van der Waals surface area (Å²) in [5.74, 6) is -1.12. The summed E-state index contributed by atoms with van der Waals surface area (Å²) in [6.07, 6.45) is -4.30. The van der Waals surface area contributed by atoms with Crippen molar-refractivity contribution in [3.63, 3.8) is 0 Å². The zero-order valence-corrected chi connectivity index (χ0v) is 17.9. The van der Waals surface area contributed by atoms with Crippen LogP contribution in [0.4, 0.5) is 27.6 Å². The van der Waals surface area contributed by atoms with Gasteiger partial charge in [-0.1, -0.05) is 11.8 Å². The van der Waals surface area contributed by atoms with Crippen molar-refractivity contribution in [1.29, 1.82) is 0 Å². The number of nitrogens with two attached hydrogens (primary N) is 1. The topological polar surface area (TPSA) is 89.6 Å². The van der Waals surface area contributed by atoms with E-state index >= 15 is 0 Å². The van der Waals surface area contributed by atoms with E-state index in [0.717, 1.165) is 18.2 Å². The van der Waals surface area contributed by atoms with Gasteiger partial charge in [-0.2, -0.15) is 13.2 Å². The van der Waals surface area contributed by atoms with Crippen molar-refractivity contribution in [2.75, 3.05) is 24.4 Å². The number of nitrogens with zero attached hydrogens (tertiary/aromatic N) is 2. The van der Waals surface area contributed by atoms with Crippen LogP contribution in [-0.4, -0.2) is 41.2 Å². The summed E-state index contributed by atoms with van der Waals surface area (Å²) >= 11 is 1.30. The number of rotatable bonds is 4. The van der Waals surface area contributed by atoms with Crippen LogP contribution in [0.1, 0.15) is 28.0 Å². The van der Waals surface area contributed by atoms with Crippen LogP contribution in [0.15, 0.2) is 41.5 Å². The molecule has 0 bridgehead atoms. The number of fused-ring (bicyclic) bond motifs is 1. The number of aromatic nitrogens is 1. The Morgan fingerprint density at radius 3 is 2.76 bits per heavy atom. The highest BCUT2D eigenvalue weighted by Gasteiger charge is 2.49. The van der Waals surface area contributed by atoms with Gasteiger partial charge in [-0.05, 0) is 36.8 Å². The van der Waals surface area contributed by atoms with Crippen LogP contribution in [0.2, 0.25) is 0 Å². The van der Waals surface area contributed by atoms with Crippen molar-refractivity contribution in [2.24, 2.45) is 16.6 Å². The molecular formula is C21H19F5N4O2S. The van der Waals surface area contributed by atoms with Gasteiger partial charge >= 0.3 is 6.18 Å². The molecule has 33 heavy (non-hydrogen) atoms. The van der Waals surface area contributed by atoms with Crippen molar-refractivity contribution in [3.8, 4) is 0 Å². The van der Waals surface area contributed by atoms with Crippen LogP contribution in [0, 0.1) is 11.7 Å². The molecular weight excluding hydrogens is 467 g/mol. The predicted octanol–water partition coefficient (Wildman–Crippen LogP) is 4.12. The largest absolute Gasteiger partial charge is 0.417 e. The molecule has 2 unspecified atom stereocenters. The van der Waals surface area contributed by atoms with E-state index in [1.807, 2.05) is 0 Å². The number of alkyl halides is 4. The van der Waals surface area contributed by atoms with Crippen LogP contribution in [0.5, 0.6) is 0 Å². The minimum Gasteiger partial charge on any atom is -0.379 e. The van der Waals surface area contributed by atoms with E-state index in [0.29, 0.717) is 18.4 Å². The number of benzene rings is 1. The average molecular weight is 486 g/mol. The van der Waals surface area contributed by atoms with Crippen LogP contribution in [-0.2, 0) is 16.5 Å². The normalized spacial score (nSPS) is 25.2. The maximum absolute atomic E-state index is 15.0. The summed E-state index contributed by atoms with van der Waals surface area (Å²) < 4.78 is 71.9.